The quantitative estimate of drug-likeness (QED) is 0.705. The first-order valence-electron chi connectivity index (χ1n) is 9.11. The van der Waals surface area contributed by atoms with Gasteiger partial charge < -0.3 is 20.5 Å². The van der Waals surface area contributed by atoms with Gasteiger partial charge in [-0.1, -0.05) is 0 Å². The molecule has 144 valence electrons. The molecule has 1 fully saturated rings. The average molecular weight is 389 g/mol. The minimum atomic E-state index is 0. The standard InChI is InChI=1S/C20H22N4O.ClH.H2O/c1-12-8-15(4-6-21-12)20-22-11-18-17(24-20)10-16(23-18)13-2-3-19-14(9-13)5-7-25-19;;/h2-3,9-12,15,21H,4-8H2,1H3,(H,22,24);1H;1H2. The molecule has 0 aromatic heterocycles. The van der Waals surface area contributed by atoms with E-state index in [1.165, 1.54) is 5.56 Å². The molecule has 4 aliphatic rings. The van der Waals surface area contributed by atoms with Crippen molar-refractivity contribution in [3.05, 3.63) is 41.9 Å². The third-order valence-electron chi connectivity index (χ3n) is 5.38. The van der Waals surface area contributed by atoms with E-state index in [9.17, 15) is 0 Å². The van der Waals surface area contributed by atoms with Crippen LogP contribution in [0.4, 0.5) is 0 Å². The number of halogens is 1. The molecular weight excluding hydrogens is 364 g/mol. The van der Waals surface area contributed by atoms with E-state index in [1.807, 2.05) is 6.20 Å². The number of nitrogens with zero attached hydrogens (tertiary/aromatic N) is 2. The first kappa shape index (κ1) is 19.6. The minimum absolute atomic E-state index is 0. The second kappa shape index (κ2) is 7.84. The molecule has 0 bridgehead atoms. The van der Waals surface area contributed by atoms with E-state index in [0.717, 1.165) is 66.6 Å². The molecule has 0 radical (unpaired) electrons. The number of hydrogen-bond acceptors (Lipinski definition) is 4. The summed E-state index contributed by atoms with van der Waals surface area (Å²) in [6.07, 6.45) is 5.15. The van der Waals surface area contributed by atoms with Gasteiger partial charge in [-0.2, -0.15) is 0 Å². The molecule has 27 heavy (non-hydrogen) atoms. The van der Waals surface area contributed by atoms with Crippen LogP contribution >= 0.6 is 12.4 Å². The zero-order chi connectivity index (χ0) is 16.8. The Morgan fingerprint density at radius 3 is 2.93 bits per heavy atom. The summed E-state index contributed by atoms with van der Waals surface area (Å²) in [5, 5.41) is 3.50. The van der Waals surface area contributed by atoms with Gasteiger partial charge in [0, 0.05) is 23.9 Å². The fourth-order valence-corrected chi connectivity index (χ4v) is 4.01. The lowest BCUT2D eigenvalue weighted by atomic mass is 9.92. The molecule has 6 nitrogen and oxygen atoms in total. The van der Waals surface area contributed by atoms with Crippen LogP contribution in [0.5, 0.6) is 5.75 Å². The van der Waals surface area contributed by atoms with Gasteiger partial charge in [0.1, 0.15) is 17.3 Å². The fraction of sp³-hybridized carbons (Fsp3) is 0.400. The van der Waals surface area contributed by atoms with Gasteiger partial charge in [0.25, 0.3) is 0 Å². The number of piperidine rings is 1. The second-order valence-electron chi connectivity index (χ2n) is 7.21. The SMILES string of the molecule is CC1CC(c2ncc3nc(-c4ccc5c(c4)CCO5)cc-3[nH]2)CCN1.Cl.O. The first-order chi connectivity index (χ1) is 12.3. The summed E-state index contributed by atoms with van der Waals surface area (Å²) in [6.45, 7) is 4.08. The number of nitrogens with one attached hydrogen (secondary N) is 2. The Kier molecular flexibility index (Phi) is 5.69. The van der Waals surface area contributed by atoms with Crippen molar-refractivity contribution in [3.63, 3.8) is 0 Å². The number of benzene rings is 1. The number of aromatic amines is 1. The Balaban J connectivity index is 0.00000105. The Bertz CT molecular complexity index is 898. The lowest BCUT2D eigenvalue weighted by Crippen LogP contribution is -2.35. The Hall–Kier alpha value is -2.15. The van der Waals surface area contributed by atoms with Crippen LogP contribution in [0.15, 0.2) is 30.5 Å². The summed E-state index contributed by atoms with van der Waals surface area (Å²) in [5.41, 5.74) is 5.42. The fourth-order valence-electron chi connectivity index (χ4n) is 4.01. The van der Waals surface area contributed by atoms with E-state index in [1.54, 1.807) is 0 Å². The van der Waals surface area contributed by atoms with E-state index < -0.39 is 0 Å². The van der Waals surface area contributed by atoms with Gasteiger partial charge in [0.15, 0.2) is 0 Å². The van der Waals surface area contributed by atoms with Gasteiger partial charge in [0.05, 0.1) is 24.2 Å². The highest BCUT2D eigenvalue weighted by atomic mass is 35.5. The summed E-state index contributed by atoms with van der Waals surface area (Å²) in [7, 11) is 0. The third-order valence-corrected chi connectivity index (χ3v) is 5.38. The Morgan fingerprint density at radius 1 is 1.19 bits per heavy atom. The molecule has 0 spiro atoms. The van der Waals surface area contributed by atoms with Crippen LogP contribution in [0.2, 0.25) is 0 Å². The summed E-state index contributed by atoms with van der Waals surface area (Å²) in [5.74, 6) is 2.59. The van der Waals surface area contributed by atoms with E-state index >= 15 is 0 Å². The maximum atomic E-state index is 5.60. The molecule has 0 saturated carbocycles. The van der Waals surface area contributed by atoms with Gasteiger partial charge in [-0.05, 0) is 56.1 Å². The van der Waals surface area contributed by atoms with Crippen molar-refractivity contribution in [2.24, 2.45) is 0 Å². The van der Waals surface area contributed by atoms with Crippen LogP contribution in [0, 0.1) is 0 Å². The number of hydrogen-bond donors (Lipinski definition) is 2. The number of aromatic nitrogens is 3. The molecule has 0 aliphatic carbocycles. The summed E-state index contributed by atoms with van der Waals surface area (Å²) < 4.78 is 5.60. The molecule has 5 rings (SSSR count). The van der Waals surface area contributed by atoms with Gasteiger partial charge in [-0.15, -0.1) is 12.4 Å². The van der Waals surface area contributed by atoms with E-state index in [-0.39, 0.29) is 17.9 Å². The van der Waals surface area contributed by atoms with Crippen molar-refractivity contribution >= 4 is 12.4 Å². The summed E-state index contributed by atoms with van der Waals surface area (Å²) >= 11 is 0. The topological polar surface area (TPSA) is 94.3 Å². The highest BCUT2D eigenvalue weighted by Crippen LogP contribution is 2.33. The molecule has 1 aromatic carbocycles. The van der Waals surface area contributed by atoms with Crippen LogP contribution in [0.25, 0.3) is 22.6 Å². The number of H-pyrrole nitrogens is 1. The van der Waals surface area contributed by atoms with Crippen LogP contribution < -0.4 is 10.1 Å². The van der Waals surface area contributed by atoms with Crippen molar-refractivity contribution in [2.45, 2.75) is 38.1 Å². The van der Waals surface area contributed by atoms with Crippen molar-refractivity contribution in [3.8, 4) is 28.4 Å². The Labute approximate surface area is 164 Å². The summed E-state index contributed by atoms with van der Waals surface area (Å²) in [4.78, 5) is 13.0. The maximum Gasteiger partial charge on any atom is 0.122 e. The normalized spacial score (nSPS) is 21.1. The van der Waals surface area contributed by atoms with Crippen molar-refractivity contribution in [1.82, 2.24) is 20.3 Å². The van der Waals surface area contributed by atoms with Gasteiger partial charge in [0.2, 0.25) is 0 Å². The number of fused-ring (bicyclic) bond motifs is 2. The molecular formula is C20H25ClN4O2. The first-order valence-corrected chi connectivity index (χ1v) is 9.11. The summed E-state index contributed by atoms with van der Waals surface area (Å²) in [6, 6.07) is 9.04. The van der Waals surface area contributed by atoms with Crippen LogP contribution in [0.1, 0.15) is 37.1 Å². The van der Waals surface area contributed by atoms with Crippen molar-refractivity contribution < 1.29 is 10.2 Å². The Morgan fingerprint density at radius 2 is 2.07 bits per heavy atom. The van der Waals surface area contributed by atoms with E-state index in [2.05, 4.69) is 46.5 Å². The maximum absolute atomic E-state index is 5.60. The van der Waals surface area contributed by atoms with Crippen LogP contribution in [-0.2, 0) is 6.42 Å². The van der Waals surface area contributed by atoms with Gasteiger partial charge in [-0.25, -0.2) is 9.97 Å². The molecule has 1 saturated heterocycles. The van der Waals surface area contributed by atoms with Gasteiger partial charge >= 0.3 is 0 Å². The lowest BCUT2D eigenvalue weighted by Gasteiger charge is -2.27. The zero-order valence-corrected chi connectivity index (χ0v) is 16.1. The zero-order valence-electron chi connectivity index (χ0n) is 15.3. The molecule has 4 N–H and O–H groups in total. The monoisotopic (exact) mass is 388 g/mol. The predicted molar refractivity (Wildman–Crippen MR) is 108 cm³/mol. The second-order valence-corrected chi connectivity index (χ2v) is 7.21. The molecule has 2 atom stereocenters. The van der Waals surface area contributed by atoms with E-state index in [0.29, 0.717) is 12.0 Å². The molecule has 1 aromatic rings. The van der Waals surface area contributed by atoms with Crippen LogP contribution in [-0.4, -0.2) is 39.6 Å². The average Bonchev–Trinajstić information content (AvgIpc) is 3.26. The predicted octanol–water partition coefficient (Wildman–Crippen LogP) is 2.96. The molecule has 4 heterocycles. The highest BCUT2D eigenvalue weighted by Gasteiger charge is 2.23. The van der Waals surface area contributed by atoms with Crippen LogP contribution in [0.3, 0.4) is 0 Å². The highest BCUT2D eigenvalue weighted by molar-refractivity contribution is 5.85. The van der Waals surface area contributed by atoms with Gasteiger partial charge in [-0.3, -0.25) is 0 Å². The molecule has 2 unspecified atom stereocenters. The molecule has 7 heteroatoms. The lowest BCUT2D eigenvalue weighted by molar-refractivity contribution is 0.357. The number of ether oxygens (including phenoxy) is 1. The minimum Gasteiger partial charge on any atom is -0.493 e. The molecule has 0 amide bonds. The van der Waals surface area contributed by atoms with Crippen molar-refractivity contribution in [2.75, 3.05) is 13.2 Å². The van der Waals surface area contributed by atoms with Crippen molar-refractivity contribution in [1.29, 1.82) is 0 Å². The smallest absolute Gasteiger partial charge is 0.122 e. The number of rotatable bonds is 2. The largest absolute Gasteiger partial charge is 0.493 e. The van der Waals surface area contributed by atoms with E-state index in [4.69, 9.17) is 9.72 Å². The third kappa shape index (κ3) is 3.65. The molecule has 4 aliphatic heterocycles.